The molecule has 0 radical (unpaired) electrons. The lowest BCUT2D eigenvalue weighted by molar-refractivity contribution is -0.123. The number of carbonyl (C=O) groups excluding carboxylic acids is 2. The number of anilines is 1. The zero-order valence-corrected chi connectivity index (χ0v) is 23.1. The topological polar surface area (TPSA) is 66.8 Å². The summed E-state index contributed by atoms with van der Waals surface area (Å²) in [6.45, 7) is 3.12. The van der Waals surface area contributed by atoms with Gasteiger partial charge in [0, 0.05) is 28.6 Å². The molecule has 6 atom stereocenters. The Morgan fingerprint density at radius 2 is 1.81 bits per heavy atom. The third kappa shape index (κ3) is 7.18. The summed E-state index contributed by atoms with van der Waals surface area (Å²) in [5.74, 6) is 1.41. The van der Waals surface area contributed by atoms with Crippen LogP contribution in [-0.4, -0.2) is 36.6 Å². The van der Waals surface area contributed by atoms with Crippen molar-refractivity contribution >= 4 is 33.8 Å². The molecule has 0 bridgehead atoms. The minimum Gasteiger partial charge on any atom is -0.392 e. The Labute approximate surface area is 229 Å². The molecule has 2 aromatic carbocycles. The number of fused-ring (bicyclic) bond motifs is 1. The summed E-state index contributed by atoms with van der Waals surface area (Å²) in [5.41, 5.74) is 1.94. The lowest BCUT2D eigenvalue weighted by Gasteiger charge is -2.23. The number of hydrogen-bond acceptors (Lipinski definition) is 4. The SMILES string of the molecule is CCC(C=O)C(Br)=C[C@@H]1[C@@H]2CC(CCOCC(=O)N(Cc3ccccc3)c3ccccc3)C[C@H]2C[C@H]1O. The Morgan fingerprint density at radius 1 is 1.11 bits per heavy atom. The number of para-hydroxylation sites is 1. The lowest BCUT2D eigenvalue weighted by atomic mass is 9.88. The van der Waals surface area contributed by atoms with Crippen LogP contribution in [0.15, 0.2) is 71.2 Å². The number of rotatable bonds is 12. The molecule has 0 heterocycles. The summed E-state index contributed by atoms with van der Waals surface area (Å²) < 4.78 is 6.80. The molecule has 37 heavy (non-hydrogen) atoms. The van der Waals surface area contributed by atoms with Crippen molar-refractivity contribution in [2.45, 2.75) is 51.7 Å². The molecule has 0 saturated heterocycles. The fourth-order valence-electron chi connectivity index (χ4n) is 6.09. The van der Waals surface area contributed by atoms with Gasteiger partial charge in [-0.25, -0.2) is 0 Å². The number of halogens is 1. The average molecular weight is 569 g/mol. The van der Waals surface area contributed by atoms with Gasteiger partial charge in [0.25, 0.3) is 5.91 Å². The molecule has 2 saturated carbocycles. The van der Waals surface area contributed by atoms with E-state index >= 15 is 0 Å². The van der Waals surface area contributed by atoms with E-state index in [0.717, 1.165) is 54.1 Å². The summed E-state index contributed by atoms with van der Waals surface area (Å²) in [4.78, 5) is 26.3. The van der Waals surface area contributed by atoms with Crippen LogP contribution >= 0.6 is 15.9 Å². The molecule has 1 amide bonds. The fraction of sp³-hybridized carbons (Fsp3) is 0.484. The Hall–Kier alpha value is -2.28. The Kier molecular flexibility index (Phi) is 10.1. The Bertz CT molecular complexity index is 1040. The van der Waals surface area contributed by atoms with E-state index < -0.39 is 0 Å². The van der Waals surface area contributed by atoms with Gasteiger partial charge in [-0.2, -0.15) is 0 Å². The summed E-state index contributed by atoms with van der Waals surface area (Å²) in [7, 11) is 0. The zero-order valence-electron chi connectivity index (χ0n) is 21.5. The smallest absolute Gasteiger partial charge is 0.253 e. The van der Waals surface area contributed by atoms with Gasteiger partial charge in [0.2, 0.25) is 0 Å². The van der Waals surface area contributed by atoms with Gasteiger partial charge >= 0.3 is 0 Å². The molecule has 0 aromatic heterocycles. The van der Waals surface area contributed by atoms with E-state index in [-0.39, 0.29) is 30.5 Å². The standard InChI is InChI=1S/C31H38BrNO4/c1-2-24(20-34)29(32)18-28-27-16-23(15-25(27)17-30(28)35)13-14-37-21-31(36)33(26-11-7-4-8-12-26)19-22-9-5-3-6-10-22/h3-12,18,20,23-25,27-28,30,35H,2,13-17,19,21H2,1H3/t23?,24?,25-,27+,28+,30+/m0/s1. The van der Waals surface area contributed by atoms with Crippen LogP contribution in [0.2, 0.25) is 0 Å². The highest BCUT2D eigenvalue weighted by Crippen LogP contribution is 2.52. The normalized spacial score (nSPS) is 26.0. The molecule has 2 aromatic rings. The predicted molar refractivity (Wildman–Crippen MR) is 150 cm³/mol. The van der Waals surface area contributed by atoms with Crippen molar-refractivity contribution in [3.05, 3.63) is 76.8 Å². The van der Waals surface area contributed by atoms with E-state index in [2.05, 4.69) is 22.0 Å². The molecule has 5 nitrogen and oxygen atoms in total. The highest BCUT2D eigenvalue weighted by atomic mass is 79.9. The second kappa shape index (κ2) is 13.5. The number of aldehydes is 1. The maximum Gasteiger partial charge on any atom is 0.253 e. The average Bonchev–Trinajstić information content (AvgIpc) is 3.44. The minimum absolute atomic E-state index is 0.0443. The molecule has 198 valence electrons. The third-order valence-electron chi connectivity index (χ3n) is 8.09. The number of benzene rings is 2. The van der Waals surface area contributed by atoms with Crippen LogP contribution < -0.4 is 4.90 Å². The number of aliphatic hydroxyl groups is 1. The number of carbonyl (C=O) groups is 2. The molecule has 1 N–H and O–H groups in total. The van der Waals surface area contributed by atoms with E-state index in [1.165, 1.54) is 0 Å². The van der Waals surface area contributed by atoms with Gasteiger partial charge in [-0.3, -0.25) is 4.79 Å². The Balaban J connectivity index is 1.28. The van der Waals surface area contributed by atoms with Gasteiger partial charge in [0.1, 0.15) is 12.9 Å². The maximum atomic E-state index is 13.1. The molecule has 4 rings (SSSR count). The van der Waals surface area contributed by atoms with Gasteiger partial charge in [-0.1, -0.05) is 77.5 Å². The molecule has 2 fully saturated rings. The Morgan fingerprint density at radius 3 is 2.49 bits per heavy atom. The quantitative estimate of drug-likeness (QED) is 0.246. The van der Waals surface area contributed by atoms with E-state index in [4.69, 9.17) is 4.74 Å². The summed E-state index contributed by atoms with van der Waals surface area (Å²) >= 11 is 3.59. The van der Waals surface area contributed by atoms with Crippen molar-refractivity contribution in [3.63, 3.8) is 0 Å². The van der Waals surface area contributed by atoms with Crippen LogP contribution in [0.5, 0.6) is 0 Å². The van der Waals surface area contributed by atoms with Gasteiger partial charge in [0.05, 0.1) is 12.6 Å². The zero-order chi connectivity index (χ0) is 26.2. The molecule has 0 spiro atoms. The molecule has 6 heteroatoms. The van der Waals surface area contributed by atoms with Crippen LogP contribution in [0.4, 0.5) is 5.69 Å². The molecular formula is C31H38BrNO4. The van der Waals surface area contributed by atoms with Gasteiger partial charge in [-0.05, 0) is 67.6 Å². The third-order valence-corrected chi connectivity index (χ3v) is 8.94. The monoisotopic (exact) mass is 567 g/mol. The number of nitrogens with zero attached hydrogens (tertiary/aromatic N) is 1. The molecule has 0 aliphatic heterocycles. The van der Waals surface area contributed by atoms with Gasteiger partial charge in [-0.15, -0.1) is 0 Å². The number of hydrogen-bond donors (Lipinski definition) is 1. The van der Waals surface area contributed by atoms with E-state index in [1.807, 2.05) is 67.6 Å². The van der Waals surface area contributed by atoms with Crippen molar-refractivity contribution < 1.29 is 19.4 Å². The predicted octanol–water partition coefficient (Wildman–Crippen LogP) is 6.15. The van der Waals surface area contributed by atoms with E-state index in [9.17, 15) is 14.7 Å². The first-order valence-electron chi connectivity index (χ1n) is 13.5. The fourth-order valence-corrected chi connectivity index (χ4v) is 6.83. The van der Waals surface area contributed by atoms with Crippen molar-refractivity contribution in [1.29, 1.82) is 0 Å². The molecule has 2 aliphatic carbocycles. The van der Waals surface area contributed by atoms with Crippen LogP contribution in [-0.2, 0) is 20.9 Å². The number of ether oxygens (including phenoxy) is 1. The van der Waals surface area contributed by atoms with Crippen molar-refractivity contribution in [2.75, 3.05) is 18.1 Å². The van der Waals surface area contributed by atoms with Crippen LogP contribution in [0.3, 0.4) is 0 Å². The maximum absolute atomic E-state index is 13.1. The first-order chi connectivity index (χ1) is 18.0. The molecule has 2 aliphatic rings. The first-order valence-corrected chi connectivity index (χ1v) is 14.3. The lowest BCUT2D eigenvalue weighted by Crippen LogP contribution is -2.33. The van der Waals surface area contributed by atoms with E-state index in [0.29, 0.717) is 30.9 Å². The second-order valence-electron chi connectivity index (χ2n) is 10.5. The summed E-state index contributed by atoms with van der Waals surface area (Å²) in [5, 5.41) is 10.7. The first kappa shape index (κ1) is 27.7. The minimum atomic E-state index is -0.338. The number of aliphatic hydroxyl groups excluding tert-OH is 1. The number of allylic oxidation sites excluding steroid dienone is 1. The van der Waals surface area contributed by atoms with Gasteiger partial charge in [0.15, 0.2) is 0 Å². The van der Waals surface area contributed by atoms with Crippen LogP contribution in [0, 0.1) is 29.6 Å². The molecule has 2 unspecified atom stereocenters. The highest BCUT2D eigenvalue weighted by molar-refractivity contribution is 9.11. The van der Waals surface area contributed by atoms with Crippen molar-refractivity contribution in [3.8, 4) is 0 Å². The van der Waals surface area contributed by atoms with Crippen molar-refractivity contribution in [1.82, 2.24) is 0 Å². The summed E-state index contributed by atoms with van der Waals surface area (Å²) in [6, 6.07) is 19.7. The largest absolute Gasteiger partial charge is 0.392 e. The molecular weight excluding hydrogens is 530 g/mol. The second-order valence-corrected chi connectivity index (χ2v) is 11.4. The van der Waals surface area contributed by atoms with E-state index in [1.54, 1.807) is 4.90 Å². The van der Waals surface area contributed by atoms with Crippen molar-refractivity contribution in [2.24, 2.45) is 29.6 Å². The summed E-state index contributed by atoms with van der Waals surface area (Å²) in [6.07, 6.45) is 7.39. The number of amides is 1. The van der Waals surface area contributed by atoms with Crippen LogP contribution in [0.25, 0.3) is 0 Å². The van der Waals surface area contributed by atoms with Crippen LogP contribution in [0.1, 0.15) is 44.6 Å². The van der Waals surface area contributed by atoms with Gasteiger partial charge < -0.3 is 19.5 Å². The highest BCUT2D eigenvalue weighted by Gasteiger charge is 2.47.